The van der Waals surface area contributed by atoms with E-state index >= 15 is 0 Å². The Hall–Kier alpha value is -3.32. The van der Waals surface area contributed by atoms with Crippen LogP contribution in [0, 0.1) is 0 Å². The molecule has 2 fully saturated rings. The second kappa shape index (κ2) is 10.7. The topological polar surface area (TPSA) is 85.3 Å². The number of hydrogen-bond donors (Lipinski definition) is 1. The Morgan fingerprint density at radius 3 is 2.32 bits per heavy atom. The fourth-order valence-electron chi connectivity index (χ4n) is 4.42. The Labute approximate surface area is 199 Å². The summed E-state index contributed by atoms with van der Waals surface area (Å²) in [6, 6.07) is 13.5. The second-order valence-electron chi connectivity index (χ2n) is 8.46. The van der Waals surface area contributed by atoms with E-state index in [0.29, 0.717) is 43.4 Å². The number of Topliss-reactive ketones (excluding diaryl/α,β-unsaturated/α-hetero) is 1. The van der Waals surface area contributed by atoms with E-state index in [4.69, 9.17) is 14.2 Å². The molecule has 2 atom stereocenters. The van der Waals surface area contributed by atoms with E-state index in [1.54, 1.807) is 24.3 Å². The summed E-state index contributed by atoms with van der Waals surface area (Å²) in [4.78, 5) is 27.8. The summed E-state index contributed by atoms with van der Waals surface area (Å²) in [6.45, 7) is 6.00. The van der Waals surface area contributed by atoms with Gasteiger partial charge in [-0.3, -0.25) is 9.59 Å². The van der Waals surface area contributed by atoms with E-state index in [1.807, 2.05) is 38.1 Å². The molecule has 7 nitrogen and oxygen atoms in total. The highest BCUT2D eigenvalue weighted by atomic mass is 16.5. The minimum Gasteiger partial charge on any atom is -0.507 e. The number of carbonyl (C=O) groups is 2. The van der Waals surface area contributed by atoms with Crippen LogP contribution in [0.25, 0.3) is 5.76 Å². The van der Waals surface area contributed by atoms with Crippen molar-refractivity contribution >= 4 is 17.4 Å². The molecule has 0 saturated carbocycles. The number of aliphatic hydroxyl groups is 1. The Morgan fingerprint density at radius 1 is 1.03 bits per heavy atom. The Balaban J connectivity index is 1.73. The molecule has 2 heterocycles. The third-order valence-electron chi connectivity index (χ3n) is 6.07. The molecule has 0 aliphatic carbocycles. The van der Waals surface area contributed by atoms with Crippen molar-refractivity contribution in [1.82, 2.24) is 4.90 Å². The Bertz CT molecular complexity index is 1040. The molecule has 2 saturated heterocycles. The van der Waals surface area contributed by atoms with Crippen molar-refractivity contribution in [2.75, 3.05) is 26.4 Å². The second-order valence-corrected chi connectivity index (χ2v) is 8.46. The first-order valence-electron chi connectivity index (χ1n) is 11.9. The summed E-state index contributed by atoms with van der Waals surface area (Å²) in [5.41, 5.74) is 1.26. The highest BCUT2D eigenvalue weighted by Gasteiger charge is 2.47. The first-order valence-corrected chi connectivity index (χ1v) is 11.9. The fraction of sp³-hybridized carbons (Fsp3) is 0.407. The van der Waals surface area contributed by atoms with Crippen LogP contribution < -0.4 is 9.47 Å². The first kappa shape index (κ1) is 23.8. The summed E-state index contributed by atoms with van der Waals surface area (Å²) < 4.78 is 16.9. The van der Waals surface area contributed by atoms with Gasteiger partial charge in [0.1, 0.15) is 17.3 Å². The number of ketones is 1. The van der Waals surface area contributed by atoms with Crippen LogP contribution in [0.5, 0.6) is 11.5 Å². The maximum Gasteiger partial charge on any atom is 0.295 e. The number of nitrogens with zero attached hydrogens (tertiary/aromatic N) is 1. The Kier molecular flexibility index (Phi) is 7.53. The van der Waals surface area contributed by atoms with Crippen molar-refractivity contribution in [3.63, 3.8) is 0 Å². The molecule has 0 radical (unpaired) electrons. The maximum absolute atomic E-state index is 13.2. The minimum absolute atomic E-state index is 0.0781. The lowest BCUT2D eigenvalue weighted by Gasteiger charge is -2.27. The quantitative estimate of drug-likeness (QED) is 0.334. The van der Waals surface area contributed by atoms with E-state index < -0.39 is 17.7 Å². The molecule has 4 rings (SSSR count). The number of likely N-dealkylation sites (tertiary alicyclic amines) is 1. The molecule has 7 heteroatoms. The van der Waals surface area contributed by atoms with Crippen molar-refractivity contribution < 1.29 is 28.9 Å². The largest absolute Gasteiger partial charge is 0.507 e. The third-order valence-corrected chi connectivity index (χ3v) is 6.07. The maximum atomic E-state index is 13.2. The van der Waals surface area contributed by atoms with Gasteiger partial charge >= 0.3 is 0 Å². The monoisotopic (exact) mass is 465 g/mol. The van der Waals surface area contributed by atoms with E-state index in [0.717, 1.165) is 24.8 Å². The standard InChI is InChI=1S/C27H31NO6/c1-3-15-33-21-13-9-19(10-14-21)25(29)23-24(18-7-11-20(12-8-18)32-4-2)28(27(31)26(23)30)17-22-6-5-16-34-22/h7-14,22,24,29H,3-6,15-17H2,1-2H3/b25-23-. The molecule has 180 valence electrons. The first-order chi connectivity index (χ1) is 16.5. The van der Waals surface area contributed by atoms with Gasteiger partial charge in [-0.25, -0.2) is 0 Å². The average molecular weight is 466 g/mol. The van der Waals surface area contributed by atoms with Gasteiger partial charge in [-0.05, 0) is 68.1 Å². The normalized spacial score (nSPS) is 21.8. The molecule has 0 spiro atoms. The van der Waals surface area contributed by atoms with Crippen molar-refractivity contribution in [3.05, 3.63) is 65.2 Å². The summed E-state index contributed by atoms with van der Waals surface area (Å²) in [6.07, 6.45) is 2.52. The molecule has 34 heavy (non-hydrogen) atoms. The Morgan fingerprint density at radius 2 is 1.71 bits per heavy atom. The van der Waals surface area contributed by atoms with Crippen molar-refractivity contribution in [1.29, 1.82) is 0 Å². The summed E-state index contributed by atoms with van der Waals surface area (Å²) in [7, 11) is 0. The molecule has 2 aromatic carbocycles. The van der Waals surface area contributed by atoms with E-state index in [2.05, 4.69) is 0 Å². The van der Waals surface area contributed by atoms with Gasteiger partial charge in [-0.15, -0.1) is 0 Å². The SMILES string of the molecule is CCCOc1ccc(/C(O)=C2/C(=O)C(=O)N(CC3CCCO3)C2c2ccc(OCC)cc2)cc1. The molecule has 0 aromatic heterocycles. The van der Waals surface area contributed by atoms with Crippen LogP contribution in [0.4, 0.5) is 0 Å². The molecule has 1 N–H and O–H groups in total. The van der Waals surface area contributed by atoms with Gasteiger partial charge in [0, 0.05) is 18.7 Å². The van der Waals surface area contributed by atoms with Crippen molar-refractivity contribution in [3.8, 4) is 11.5 Å². The number of hydrogen-bond acceptors (Lipinski definition) is 6. The number of aliphatic hydroxyl groups excluding tert-OH is 1. The molecular weight excluding hydrogens is 434 g/mol. The number of ether oxygens (including phenoxy) is 3. The lowest BCUT2D eigenvalue weighted by atomic mass is 9.95. The van der Waals surface area contributed by atoms with Crippen LogP contribution in [0.1, 0.15) is 50.3 Å². The number of benzene rings is 2. The highest BCUT2D eigenvalue weighted by Crippen LogP contribution is 2.40. The van der Waals surface area contributed by atoms with E-state index in [-0.39, 0.29) is 17.4 Å². The molecule has 2 aromatic rings. The zero-order chi connectivity index (χ0) is 24.1. The number of carbonyl (C=O) groups excluding carboxylic acids is 2. The van der Waals surface area contributed by atoms with Crippen LogP contribution in [-0.2, 0) is 14.3 Å². The zero-order valence-electron chi connectivity index (χ0n) is 19.7. The third kappa shape index (κ3) is 4.94. The van der Waals surface area contributed by atoms with Gasteiger partial charge in [0.05, 0.1) is 30.9 Å². The number of rotatable bonds is 9. The lowest BCUT2D eigenvalue weighted by molar-refractivity contribution is -0.140. The average Bonchev–Trinajstić information content (AvgIpc) is 3.46. The van der Waals surface area contributed by atoms with Crippen molar-refractivity contribution in [2.24, 2.45) is 0 Å². The summed E-state index contributed by atoms with van der Waals surface area (Å²) in [5, 5.41) is 11.2. The summed E-state index contributed by atoms with van der Waals surface area (Å²) in [5.74, 6) is -0.140. The van der Waals surface area contributed by atoms with Gasteiger partial charge in [-0.1, -0.05) is 19.1 Å². The van der Waals surface area contributed by atoms with Crippen LogP contribution in [0.2, 0.25) is 0 Å². The fourth-order valence-corrected chi connectivity index (χ4v) is 4.42. The van der Waals surface area contributed by atoms with Gasteiger partial charge in [0.2, 0.25) is 0 Å². The molecule has 0 bridgehead atoms. The van der Waals surface area contributed by atoms with E-state index in [1.165, 1.54) is 4.90 Å². The molecule has 2 aliphatic heterocycles. The van der Waals surface area contributed by atoms with Crippen LogP contribution in [0.3, 0.4) is 0 Å². The zero-order valence-corrected chi connectivity index (χ0v) is 19.7. The van der Waals surface area contributed by atoms with Gasteiger partial charge < -0.3 is 24.2 Å². The summed E-state index contributed by atoms with van der Waals surface area (Å²) >= 11 is 0. The van der Waals surface area contributed by atoms with Gasteiger partial charge in [0.25, 0.3) is 11.7 Å². The van der Waals surface area contributed by atoms with E-state index in [9.17, 15) is 14.7 Å². The predicted octanol–water partition coefficient (Wildman–Crippen LogP) is 4.47. The van der Waals surface area contributed by atoms with Crippen molar-refractivity contribution in [2.45, 2.75) is 45.3 Å². The van der Waals surface area contributed by atoms with Crippen LogP contribution in [0.15, 0.2) is 54.1 Å². The molecular formula is C27H31NO6. The van der Waals surface area contributed by atoms with Gasteiger partial charge in [0.15, 0.2) is 0 Å². The van der Waals surface area contributed by atoms with Gasteiger partial charge in [-0.2, -0.15) is 0 Å². The van der Waals surface area contributed by atoms with Crippen LogP contribution >= 0.6 is 0 Å². The lowest BCUT2D eigenvalue weighted by Crippen LogP contribution is -2.36. The molecule has 2 unspecified atom stereocenters. The highest BCUT2D eigenvalue weighted by molar-refractivity contribution is 6.46. The minimum atomic E-state index is -0.712. The van der Waals surface area contributed by atoms with Crippen LogP contribution in [-0.4, -0.2) is 54.2 Å². The smallest absolute Gasteiger partial charge is 0.295 e. The number of amides is 1. The predicted molar refractivity (Wildman–Crippen MR) is 128 cm³/mol. The molecule has 2 aliphatic rings. The molecule has 1 amide bonds.